The molecule has 2 aromatic heterocycles. The molecule has 9 aromatic carbocycles. The lowest BCUT2D eigenvalue weighted by atomic mass is 9.85. The molecule has 1 atom stereocenters. The van der Waals surface area contributed by atoms with Gasteiger partial charge in [-0.2, -0.15) is 0 Å². The molecule has 276 valence electrons. The summed E-state index contributed by atoms with van der Waals surface area (Å²) in [6.45, 7) is 0. The van der Waals surface area contributed by atoms with Crippen LogP contribution in [0.4, 0.5) is 0 Å². The molecule has 1 aliphatic rings. The molecule has 2 heteroatoms. The Kier molecular flexibility index (Phi) is 7.71. The highest BCUT2D eigenvalue weighted by atomic mass is 15.0. The normalized spacial score (nSPS) is 14.1. The highest BCUT2D eigenvalue weighted by molar-refractivity contribution is 6.22. The third kappa shape index (κ3) is 5.52. The van der Waals surface area contributed by atoms with Crippen LogP contribution in [0.15, 0.2) is 213 Å². The van der Waals surface area contributed by atoms with E-state index in [9.17, 15) is 0 Å². The Morgan fingerprint density at radius 2 is 0.898 bits per heavy atom. The number of fused-ring (bicyclic) bond motifs is 7. The van der Waals surface area contributed by atoms with Gasteiger partial charge in [-0.05, 0) is 130 Å². The van der Waals surface area contributed by atoms with E-state index in [1.165, 1.54) is 109 Å². The average molecular weight is 751 g/mol. The van der Waals surface area contributed by atoms with Gasteiger partial charge in [-0.3, -0.25) is 4.98 Å². The van der Waals surface area contributed by atoms with Crippen molar-refractivity contribution < 1.29 is 0 Å². The lowest BCUT2D eigenvalue weighted by molar-refractivity contribution is 0.648. The van der Waals surface area contributed by atoms with Crippen molar-refractivity contribution in [3.05, 3.63) is 213 Å². The topological polar surface area (TPSA) is 17.8 Å². The van der Waals surface area contributed by atoms with E-state index in [1.54, 1.807) is 0 Å². The van der Waals surface area contributed by atoms with Gasteiger partial charge >= 0.3 is 0 Å². The zero-order chi connectivity index (χ0) is 38.9. The smallest absolute Gasteiger partial charge is 0.0560 e. The molecule has 0 spiro atoms. The summed E-state index contributed by atoms with van der Waals surface area (Å²) >= 11 is 0. The summed E-state index contributed by atoms with van der Waals surface area (Å²) < 4.78 is 2.47. The second-order valence-electron chi connectivity index (χ2n) is 15.9. The van der Waals surface area contributed by atoms with E-state index < -0.39 is 0 Å². The largest absolute Gasteiger partial charge is 0.333 e. The van der Waals surface area contributed by atoms with E-state index in [-0.39, 0.29) is 0 Å². The average Bonchev–Trinajstić information content (AvgIpc) is 3.64. The number of aromatic nitrogens is 2. The van der Waals surface area contributed by atoms with Gasteiger partial charge in [-0.25, -0.2) is 0 Å². The zero-order valence-corrected chi connectivity index (χ0v) is 32.4. The van der Waals surface area contributed by atoms with Crippen LogP contribution in [0, 0.1) is 0 Å². The lowest BCUT2D eigenvalue weighted by Gasteiger charge is -2.18. The maximum absolute atomic E-state index is 4.53. The molecule has 2 heterocycles. The first kappa shape index (κ1) is 33.6. The van der Waals surface area contributed by atoms with Gasteiger partial charge in [-0.1, -0.05) is 164 Å². The molecule has 0 fully saturated rings. The fraction of sp³-hybridized carbons (Fsp3) is 0.0351. The summed E-state index contributed by atoms with van der Waals surface area (Å²) in [5.74, 6) is 0. The minimum absolute atomic E-state index is 0.293. The van der Waals surface area contributed by atoms with Gasteiger partial charge in [0.25, 0.3) is 0 Å². The van der Waals surface area contributed by atoms with Crippen LogP contribution in [0.2, 0.25) is 0 Å². The lowest BCUT2D eigenvalue weighted by Crippen LogP contribution is -2.06. The number of pyridine rings is 1. The highest BCUT2D eigenvalue weighted by Gasteiger charge is 2.19. The maximum atomic E-state index is 4.53. The van der Waals surface area contributed by atoms with E-state index in [1.807, 2.05) is 12.4 Å². The van der Waals surface area contributed by atoms with Gasteiger partial charge in [0.15, 0.2) is 0 Å². The van der Waals surface area contributed by atoms with Crippen LogP contribution >= 0.6 is 0 Å². The van der Waals surface area contributed by atoms with E-state index in [0.717, 1.165) is 6.42 Å². The minimum atomic E-state index is 0.293. The molecule has 1 aliphatic carbocycles. The first-order chi connectivity index (χ1) is 29.2. The molecule has 0 bridgehead atoms. The summed E-state index contributed by atoms with van der Waals surface area (Å²) in [6.07, 6.45) is 13.8. The highest BCUT2D eigenvalue weighted by Crippen LogP contribution is 2.45. The molecule has 0 amide bonds. The van der Waals surface area contributed by atoms with Crippen LogP contribution in [-0.4, -0.2) is 9.55 Å². The van der Waals surface area contributed by atoms with Crippen molar-refractivity contribution >= 4 is 64.9 Å². The Bertz CT molecular complexity index is 3470. The molecule has 1 unspecified atom stereocenters. The molecule has 2 nitrogen and oxygen atoms in total. The van der Waals surface area contributed by atoms with Crippen molar-refractivity contribution in [1.82, 2.24) is 9.55 Å². The number of nitrogens with zero attached hydrogens (tertiary/aromatic N) is 2. The predicted molar refractivity (Wildman–Crippen MR) is 251 cm³/mol. The van der Waals surface area contributed by atoms with Crippen molar-refractivity contribution in [3.8, 4) is 44.5 Å². The molecule has 0 N–H and O–H groups in total. The SMILES string of the molecule is C1=CCC(n2c3ccncc3c3cc(-c4ccc5cc(-c6c7ccccc7c(-c7ccc(-c8ccc9ccccc9c8)cc7)c7ccccc67)ccc5c4)ccc32)C=C1. The Hall–Kier alpha value is -7.55. The Balaban J connectivity index is 0.941. The number of hydrogen-bond acceptors (Lipinski definition) is 1. The predicted octanol–water partition coefficient (Wildman–Crippen LogP) is 15.5. The van der Waals surface area contributed by atoms with Gasteiger partial charge in [-0.15, -0.1) is 0 Å². The number of allylic oxidation sites excluding steroid dienone is 4. The quantitative estimate of drug-likeness (QED) is 0.160. The second-order valence-corrected chi connectivity index (χ2v) is 15.9. The van der Waals surface area contributed by atoms with Gasteiger partial charge < -0.3 is 4.57 Å². The first-order valence-electron chi connectivity index (χ1n) is 20.5. The van der Waals surface area contributed by atoms with Gasteiger partial charge in [0.1, 0.15) is 0 Å². The fourth-order valence-electron chi connectivity index (χ4n) is 9.72. The van der Waals surface area contributed by atoms with Gasteiger partial charge in [0.2, 0.25) is 0 Å². The Morgan fingerprint density at radius 3 is 1.59 bits per heavy atom. The number of hydrogen-bond donors (Lipinski definition) is 0. The molecule has 0 aliphatic heterocycles. The van der Waals surface area contributed by atoms with Crippen molar-refractivity contribution in [2.45, 2.75) is 12.5 Å². The summed E-state index contributed by atoms with van der Waals surface area (Å²) in [5.41, 5.74) is 12.4. The summed E-state index contributed by atoms with van der Waals surface area (Å²) in [6, 6.07) is 65.6. The molecule has 0 saturated carbocycles. The van der Waals surface area contributed by atoms with E-state index in [0.29, 0.717) is 6.04 Å². The van der Waals surface area contributed by atoms with Crippen molar-refractivity contribution in [1.29, 1.82) is 0 Å². The standard InChI is InChI=1S/C57H38N2/c1-2-12-47(13-3-1)59-54-29-28-45(35-52(54)53-36-58-31-30-55(53)59)43-24-25-44-34-46(27-26-42(44)33-43)57-50-16-8-6-14-48(50)56(49-15-7-9-17-51(49)57)39-21-18-38(19-22-39)41-23-20-37-10-4-5-11-40(37)32-41/h1-12,14-36,47H,13H2. The second kappa shape index (κ2) is 13.5. The number of rotatable bonds is 5. The monoisotopic (exact) mass is 750 g/mol. The minimum Gasteiger partial charge on any atom is -0.333 e. The summed E-state index contributed by atoms with van der Waals surface area (Å²) in [7, 11) is 0. The molecule has 11 aromatic rings. The first-order valence-corrected chi connectivity index (χ1v) is 20.5. The third-order valence-corrected chi connectivity index (χ3v) is 12.5. The van der Waals surface area contributed by atoms with E-state index >= 15 is 0 Å². The van der Waals surface area contributed by atoms with Crippen LogP contribution in [0.25, 0.3) is 109 Å². The number of benzene rings is 9. The van der Waals surface area contributed by atoms with Crippen LogP contribution in [-0.2, 0) is 0 Å². The van der Waals surface area contributed by atoms with Gasteiger partial charge in [0.05, 0.1) is 11.6 Å². The molecule has 59 heavy (non-hydrogen) atoms. The van der Waals surface area contributed by atoms with Crippen molar-refractivity contribution in [2.75, 3.05) is 0 Å². The summed E-state index contributed by atoms with van der Waals surface area (Å²) in [4.78, 5) is 4.53. The van der Waals surface area contributed by atoms with Crippen LogP contribution in [0.5, 0.6) is 0 Å². The van der Waals surface area contributed by atoms with E-state index in [2.05, 4.69) is 210 Å². The van der Waals surface area contributed by atoms with Crippen LogP contribution < -0.4 is 0 Å². The van der Waals surface area contributed by atoms with Crippen LogP contribution in [0.1, 0.15) is 12.5 Å². The maximum Gasteiger partial charge on any atom is 0.0560 e. The third-order valence-electron chi connectivity index (χ3n) is 12.5. The van der Waals surface area contributed by atoms with E-state index in [4.69, 9.17) is 0 Å². The van der Waals surface area contributed by atoms with Crippen molar-refractivity contribution in [3.63, 3.8) is 0 Å². The molecule has 0 saturated heterocycles. The molecule has 12 rings (SSSR count). The molecular formula is C57H38N2. The van der Waals surface area contributed by atoms with Gasteiger partial charge in [0, 0.05) is 28.7 Å². The molecule has 0 radical (unpaired) electrons. The van der Waals surface area contributed by atoms with Crippen LogP contribution in [0.3, 0.4) is 0 Å². The molecular weight excluding hydrogens is 713 g/mol. The summed E-state index contributed by atoms with van der Waals surface area (Å²) in [5, 5.41) is 12.5. The Morgan fingerprint density at radius 1 is 0.390 bits per heavy atom. The Labute approximate surface area is 342 Å². The van der Waals surface area contributed by atoms with Crippen molar-refractivity contribution in [2.24, 2.45) is 0 Å². The zero-order valence-electron chi connectivity index (χ0n) is 32.4. The fourth-order valence-corrected chi connectivity index (χ4v) is 9.72.